The smallest absolute Gasteiger partial charge is 0.214 e. The fourth-order valence-corrected chi connectivity index (χ4v) is 2.42. The van der Waals surface area contributed by atoms with Gasteiger partial charge in [0.1, 0.15) is 5.01 Å². The van der Waals surface area contributed by atoms with E-state index in [0.29, 0.717) is 11.2 Å². The van der Waals surface area contributed by atoms with Gasteiger partial charge in [-0.2, -0.15) is 17.5 Å². The first-order chi connectivity index (χ1) is 7.95. The number of halogens is 4. The molecule has 0 saturated heterocycles. The molecule has 0 bridgehead atoms. The average molecular weight is 323 g/mol. The van der Waals surface area contributed by atoms with Crippen LogP contribution in [0.25, 0.3) is 0 Å². The van der Waals surface area contributed by atoms with E-state index in [1.54, 1.807) is 0 Å². The summed E-state index contributed by atoms with van der Waals surface area (Å²) in [5, 5.41) is 0.761. The average Bonchev–Trinajstić information content (AvgIpc) is 2.63. The van der Waals surface area contributed by atoms with Gasteiger partial charge in [-0.25, -0.2) is 4.98 Å². The van der Waals surface area contributed by atoms with Crippen molar-refractivity contribution in [3.63, 3.8) is 0 Å². The molecule has 2 aromatic rings. The molecule has 1 aromatic carbocycles. The van der Waals surface area contributed by atoms with Gasteiger partial charge in [0, 0.05) is 6.42 Å². The highest BCUT2D eigenvalue weighted by Gasteiger charge is 2.29. The molecule has 90 valence electrons. The van der Waals surface area contributed by atoms with E-state index in [-0.39, 0.29) is 0 Å². The van der Waals surface area contributed by atoms with Crippen molar-refractivity contribution in [3.05, 3.63) is 45.1 Å². The Hall–Kier alpha value is -0.950. The summed E-state index contributed by atoms with van der Waals surface area (Å²) in [6, 6.07) is 5.06. The summed E-state index contributed by atoms with van der Waals surface area (Å²) in [7, 11) is 0. The van der Waals surface area contributed by atoms with Gasteiger partial charge in [-0.1, -0.05) is 12.1 Å². The van der Waals surface area contributed by atoms with E-state index >= 15 is 0 Å². The van der Waals surface area contributed by atoms with Gasteiger partial charge in [0.25, 0.3) is 0 Å². The zero-order chi connectivity index (χ0) is 12.5. The molecule has 0 fully saturated rings. The van der Waals surface area contributed by atoms with Gasteiger partial charge < -0.3 is 0 Å². The van der Waals surface area contributed by atoms with Gasteiger partial charge >= 0.3 is 6.18 Å². The van der Waals surface area contributed by atoms with Gasteiger partial charge in [0.2, 0.25) is 4.73 Å². The van der Waals surface area contributed by atoms with Crippen LogP contribution < -0.4 is 0 Å². The standard InChI is InChI=1S/C10H6BrF3N2S/c11-9-15-8(17-16-9)5-6-1-3-7(4-2-6)10(12,13)14/h1-4H,5H2. The molecule has 0 aliphatic heterocycles. The molecule has 0 spiro atoms. The summed E-state index contributed by atoms with van der Waals surface area (Å²) >= 11 is 4.35. The topological polar surface area (TPSA) is 25.8 Å². The van der Waals surface area contributed by atoms with E-state index in [2.05, 4.69) is 25.3 Å². The fraction of sp³-hybridized carbons (Fsp3) is 0.200. The summed E-state index contributed by atoms with van der Waals surface area (Å²) in [5.74, 6) is 0. The van der Waals surface area contributed by atoms with Crippen LogP contribution in [0.15, 0.2) is 29.0 Å². The Bertz CT molecular complexity index is 507. The number of nitrogens with zero attached hydrogens (tertiary/aromatic N) is 2. The van der Waals surface area contributed by atoms with Crippen LogP contribution in [0.3, 0.4) is 0 Å². The molecule has 0 unspecified atom stereocenters. The number of hydrogen-bond donors (Lipinski definition) is 0. The number of benzene rings is 1. The van der Waals surface area contributed by atoms with Crippen molar-refractivity contribution in [3.8, 4) is 0 Å². The molecule has 0 aliphatic carbocycles. The van der Waals surface area contributed by atoms with Gasteiger partial charge in [0.15, 0.2) is 0 Å². The monoisotopic (exact) mass is 322 g/mol. The summed E-state index contributed by atoms with van der Waals surface area (Å²) < 4.78 is 41.4. The lowest BCUT2D eigenvalue weighted by molar-refractivity contribution is -0.137. The quantitative estimate of drug-likeness (QED) is 0.837. The largest absolute Gasteiger partial charge is 0.416 e. The van der Waals surface area contributed by atoms with Crippen LogP contribution in [0, 0.1) is 0 Å². The zero-order valence-corrected chi connectivity index (χ0v) is 10.7. The van der Waals surface area contributed by atoms with Crippen molar-refractivity contribution in [1.29, 1.82) is 0 Å². The summed E-state index contributed by atoms with van der Waals surface area (Å²) in [6.07, 6.45) is -3.80. The molecule has 1 heterocycles. The minimum atomic E-state index is -4.29. The van der Waals surface area contributed by atoms with Crippen molar-refractivity contribution < 1.29 is 13.2 Å². The van der Waals surface area contributed by atoms with E-state index < -0.39 is 11.7 Å². The highest BCUT2D eigenvalue weighted by atomic mass is 79.9. The lowest BCUT2D eigenvalue weighted by Crippen LogP contribution is -2.04. The molecule has 0 amide bonds. The molecule has 0 radical (unpaired) electrons. The maximum Gasteiger partial charge on any atom is 0.416 e. The Morgan fingerprint density at radius 3 is 2.29 bits per heavy atom. The number of aromatic nitrogens is 2. The second-order valence-corrected chi connectivity index (χ2v) is 4.87. The lowest BCUT2D eigenvalue weighted by atomic mass is 10.1. The van der Waals surface area contributed by atoms with Crippen LogP contribution >= 0.6 is 27.5 Å². The van der Waals surface area contributed by atoms with Crippen LogP contribution in [0.1, 0.15) is 16.1 Å². The van der Waals surface area contributed by atoms with Gasteiger partial charge in [-0.3, -0.25) is 0 Å². The molecule has 17 heavy (non-hydrogen) atoms. The van der Waals surface area contributed by atoms with Crippen LogP contribution in [0.2, 0.25) is 0 Å². The van der Waals surface area contributed by atoms with Gasteiger partial charge in [-0.15, -0.1) is 0 Å². The second-order valence-electron chi connectivity index (χ2n) is 3.33. The molecule has 0 atom stereocenters. The van der Waals surface area contributed by atoms with E-state index in [1.807, 2.05) is 0 Å². The van der Waals surface area contributed by atoms with E-state index in [4.69, 9.17) is 0 Å². The van der Waals surface area contributed by atoms with Gasteiger partial charge in [0.05, 0.1) is 5.56 Å². The highest BCUT2D eigenvalue weighted by molar-refractivity contribution is 9.10. The Kier molecular flexibility index (Phi) is 3.48. The minimum Gasteiger partial charge on any atom is -0.214 e. The molecule has 2 rings (SSSR count). The molecule has 1 aromatic heterocycles. The third kappa shape index (κ3) is 3.26. The first kappa shape index (κ1) is 12.5. The second kappa shape index (κ2) is 4.73. The lowest BCUT2D eigenvalue weighted by Gasteiger charge is -2.06. The van der Waals surface area contributed by atoms with Crippen molar-refractivity contribution in [2.45, 2.75) is 12.6 Å². The summed E-state index contributed by atoms with van der Waals surface area (Å²) in [4.78, 5) is 4.08. The van der Waals surface area contributed by atoms with Crippen LogP contribution in [-0.4, -0.2) is 9.36 Å². The fourth-order valence-electron chi connectivity index (χ4n) is 1.29. The number of hydrogen-bond acceptors (Lipinski definition) is 3. The summed E-state index contributed by atoms with van der Waals surface area (Å²) in [5.41, 5.74) is 0.140. The maximum atomic E-state index is 12.3. The molecule has 0 saturated carbocycles. The molecule has 0 N–H and O–H groups in total. The normalized spacial score (nSPS) is 11.8. The van der Waals surface area contributed by atoms with E-state index in [9.17, 15) is 13.2 Å². The van der Waals surface area contributed by atoms with Crippen LogP contribution in [0.5, 0.6) is 0 Å². The van der Waals surface area contributed by atoms with E-state index in [1.165, 1.54) is 23.7 Å². The van der Waals surface area contributed by atoms with Crippen molar-refractivity contribution in [2.75, 3.05) is 0 Å². The number of alkyl halides is 3. The van der Waals surface area contributed by atoms with Crippen molar-refractivity contribution in [2.24, 2.45) is 0 Å². The molecule has 2 nitrogen and oxygen atoms in total. The van der Waals surface area contributed by atoms with Crippen LogP contribution in [-0.2, 0) is 12.6 Å². The van der Waals surface area contributed by atoms with E-state index in [0.717, 1.165) is 22.7 Å². The third-order valence-electron chi connectivity index (χ3n) is 2.08. The molecule has 0 aliphatic rings. The molecular formula is C10H6BrF3N2S. The maximum absolute atomic E-state index is 12.3. The SMILES string of the molecule is FC(F)(F)c1ccc(Cc2nc(Br)ns2)cc1. The highest BCUT2D eigenvalue weighted by Crippen LogP contribution is 2.29. The Morgan fingerprint density at radius 1 is 1.18 bits per heavy atom. The molecular weight excluding hydrogens is 317 g/mol. The predicted octanol–water partition coefficient (Wildman–Crippen LogP) is 3.91. The van der Waals surface area contributed by atoms with Crippen molar-refractivity contribution >= 4 is 27.5 Å². The first-order valence-corrected chi connectivity index (χ1v) is 6.16. The first-order valence-electron chi connectivity index (χ1n) is 4.59. The molecule has 7 heteroatoms. The summed E-state index contributed by atoms with van der Waals surface area (Å²) in [6.45, 7) is 0. The Balaban J connectivity index is 2.13. The Morgan fingerprint density at radius 2 is 1.82 bits per heavy atom. The number of rotatable bonds is 2. The third-order valence-corrected chi connectivity index (χ3v) is 3.38. The van der Waals surface area contributed by atoms with Crippen molar-refractivity contribution in [1.82, 2.24) is 9.36 Å². The van der Waals surface area contributed by atoms with Crippen LogP contribution in [0.4, 0.5) is 13.2 Å². The minimum absolute atomic E-state index is 0.488. The Labute approximate surface area is 108 Å². The zero-order valence-electron chi connectivity index (χ0n) is 8.33. The van der Waals surface area contributed by atoms with Gasteiger partial charge in [-0.05, 0) is 45.2 Å². The predicted molar refractivity (Wildman–Crippen MR) is 61.9 cm³/mol.